The molecule has 0 radical (unpaired) electrons. The molecular formula is C20H30O2. The molecule has 0 spiro atoms. The summed E-state index contributed by atoms with van der Waals surface area (Å²) >= 11 is 0. The molecule has 2 nitrogen and oxygen atoms in total. The third-order valence-corrected chi connectivity index (χ3v) is 7.38. The number of fused-ring (bicyclic) bond motifs is 3. The first-order valence-electron chi connectivity index (χ1n) is 8.84. The molecule has 0 aromatic heterocycles. The van der Waals surface area contributed by atoms with Crippen LogP contribution in [-0.2, 0) is 4.79 Å². The Morgan fingerprint density at radius 3 is 2.64 bits per heavy atom. The summed E-state index contributed by atoms with van der Waals surface area (Å²) in [7, 11) is 0. The molecule has 22 heavy (non-hydrogen) atoms. The fourth-order valence-corrected chi connectivity index (χ4v) is 5.94. The number of hydrogen-bond acceptors (Lipinski definition) is 1. The Morgan fingerprint density at radius 2 is 2.00 bits per heavy atom. The van der Waals surface area contributed by atoms with Crippen molar-refractivity contribution in [1.82, 2.24) is 0 Å². The Hall–Kier alpha value is -1.05. The SMILES string of the molecule is C=C[C@]1(C)C=C2CC[C@@H]3[C@](C)(CCC[C@@]3(C)C(=O)O)[C@@H]2CC1. The number of aliphatic carboxylic acids is 1. The Morgan fingerprint density at radius 1 is 1.27 bits per heavy atom. The highest BCUT2D eigenvalue weighted by Crippen LogP contribution is 2.63. The van der Waals surface area contributed by atoms with Crippen molar-refractivity contribution >= 4 is 5.97 Å². The Labute approximate surface area is 134 Å². The predicted molar refractivity (Wildman–Crippen MR) is 89.5 cm³/mol. The van der Waals surface area contributed by atoms with Gasteiger partial charge in [-0.1, -0.05) is 38.0 Å². The maximum Gasteiger partial charge on any atom is 0.309 e. The molecule has 3 aliphatic carbocycles. The van der Waals surface area contributed by atoms with Crippen molar-refractivity contribution in [3.05, 3.63) is 24.3 Å². The Balaban J connectivity index is 1.99. The molecule has 1 N–H and O–H groups in total. The maximum atomic E-state index is 12.0. The van der Waals surface area contributed by atoms with Crippen LogP contribution in [0.5, 0.6) is 0 Å². The van der Waals surface area contributed by atoms with Crippen molar-refractivity contribution in [2.45, 2.75) is 65.7 Å². The van der Waals surface area contributed by atoms with Crippen LogP contribution in [-0.4, -0.2) is 11.1 Å². The minimum absolute atomic E-state index is 0.139. The molecule has 0 aromatic carbocycles. The lowest BCUT2D eigenvalue weighted by atomic mass is 9.45. The van der Waals surface area contributed by atoms with Gasteiger partial charge in [0.25, 0.3) is 0 Å². The van der Waals surface area contributed by atoms with Gasteiger partial charge in [-0.2, -0.15) is 0 Å². The van der Waals surface area contributed by atoms with Crippen LogP contribution in [0.15, 0.2) is 24.3 Å². The number of allylic oxidation sites excluding steroid dienone is 3. The minimum Gasteiger partial charge on any atom is -0.481 e. The van der Waals surface area contributed by atoms with Crippen molar-refractivity contribution in [2.75, 3.05) is 0 Å². The lowest BCUT2D eigenvalue weighted by Gasteiger charge is -2.59. The minimum atomic E-state index is -0.581. The fraction of sp³-hybridized carbons (Fsp3) is 0.750. The topological polar surface area (TPSA) is 37.3 Å². The normalized spacial score (nSPS) is 47.9. The van der Waals surface area contributed by atoms with E-state index in [2.05, 4.69) is 32.6 Å². The van der Waals surface area contributed by atoms with Crippen LogP contribution in [0.2, 0.25) is 0 Å². The second-order valence-corrected chi connectivity index (χ2v) is 8.69. The van der Waals surface area contributed by atoms with Gasteiger partial charge < -0.3 is 5.11 Å². The van der Waals surface area contributed by atoms with E-state index in [1.54, 1.807) is 5.57 Å². The van der Waals surface area contributed by atoms with Gasteiger partial charge in [0.15, 0.2) is 0 Å². The average molecular weight is 302 g/mol. The monoisotopic (exact) mass is 302 g/mol. The van der Waals surface area contributed by atoms with Gasteiger partial charge in [0.1, 0.15) is 0 Å². The van der Waals surface area contributed by atoms with Gasteiger partial charge in [0, 0.05) is 5.41 Å². The van der Waals surface area contributed by atoms with Crippen LogP contribution in [0.1, 0.15) is 65.7 Å². The first-order chi connectivity index (χ1) is 10.3. The highest BCUT2D eigenvalue weighted by atomic mass is 16.4. The molecule has 5 atom stereocenters. The molecule has 3 rings (SSSR count). The zero-order chi connectivity index (χ0) is 16.2. The molecule has 0 bridgehead atoms. The van der Waals surface area contributed by atoms with Gasteiger partial charge in [-0.3, -0.25) is 4.79 Å². The Bertz CT molecular complexity index is 534. The van der Waals surface area contributed by atoms with Crippen LogP contribution in [0, 0.1) is 28.1 Å². The van der Waals surface area contributed by atoms with Gasteiger partial charge in [-0.15, -0.1) is 6.58 Å². The molecule has 0 aliphatic heterocycles. The van der Waals surface area contributed by atoms with E-state index in [1.807, 2.05) is 6.92 Å². The average Bonchev–Trinajstić information content (AvgIpc) is 2.46. The zero-order valence-electron chi connectivity index (χ0n) is 14.3. The Kier molecular flexibility index (Phi) is 3.58. The van der Waals surface area contributed by atoms with Crippen molar-refractivity contribution in [2.24, 2.45) is 28.1 Å². The highest BCUT2D eigenvalue weighted by Gasteiger charge is 2.58. The molecular weight excluding hydrogens is 272 g/mol. The van der Waals surface area contributed by atoms with Gasteiger partial charge in [0.05, 0.1) is 5.41 Å². The molecule has 3 aliphatic rings. The van der Waals surface area contributed by atoms with E-state index in [0.717, 1.165) is 32.1 Å². The highest BCUT2D eigenvalue weighted by molar-refractivity contribution is 5.75. The standard InChI is InChI=1S/C20H30O2/c1-5-18(2)12-9-15-14(13-18)7-8-16-19(15,3)10-6-11-20(16,4)17(21)22/h5,13,15-16H,1,6-12H2,2-4H3,(H,21,22)/t15-,16-,18+,19-,20-/m1/s1. The maximum absolute atomic E-state index is 12.0. The summed E-state index contributed by atoms with van der Waals surface area (Å²) in [4.78, 5) is 12.0. The van der Waals surface area contributed by atoms with E-state index in [0.29, 0.717) is 11.8 Å². The second kappa shape index (κ2) is 4.97. The molecule has 0 amide bonds. The molecule has 0 saturated heterocycles. The smallest absolute Gasteiger partial charge is 0.309 e. The van der Waals surface area contributed by atoms with Crippen LogP contribution in [0.4, 0.5) is 0 Å². The largest absolute Gasteiger partial charge is 0.481 e. The van der Waals surface area contributed by atoms with Gasteiger partial charge in [-0.05, 0) is 62.7 Å². The van der Waals surface area contributed by atoms with Crippen molar-refractivity contribution in [3.8, 4) is 0 Å². The van der Waals surface area contributed by atoms with E-state index >= 15 is 0 Å². The third-order valence-electron chi connectivity index (χ3n) is 7.38. The molecule has 2 heteroatoms. The lowest BCUT2D eigenvalue weighted by Crippen LogP contribution is -2.54. The van der Waals surface area contributed by atoms with E-state index in [-0.39, 0.29) is 10.8 Å². The van der Waals surface area contributed by atoms with Crippen molar-refractivity contribution < 1.29 is 9.90 Å². The summed E-state index contributed by atoms with van der Waals surface area (Å²) in [5.74, 6) is 0.322. The van der Waals surface area contributed by atoms with Crippen molar-refractivity contribution in [3.63, 3.8) is 0 Å². The predicted octanol–water partition coefficient (Wildman–Crippen LogP) is 5.21. The van der Waals surface area contributed by atoms with Crippen LogP contribution in [0.25, 0.3) is 0 Å². The number of rotatable bonds is 2. The fourth-order valence-electron chi connectivity index (χ4n) is 5.94. The van der Waals surface area contributed by atoms with Gasteiger partial charge in [0.2, 0.25) is 0 Å². The second-order valence-electron chi connectivity index (χ2n) is 8.69. The number of carboxylic acids is 1. The summed E-state index contributed by atoms with van der Waals surface area (Å²) in [6.45, 7) is 10.7. The van der Waals surface area contributed by atoms with E-state index in [1.165, 1.54) is 12.8 Å². The summed E-state index contributed by atoms with van der Waals surface area (Å²) in [5.41, 5.74) is 1.36. The van der Waals surface area contributed by atoms with E-state index in [9.17, 15) is 9.90 Å². The molecule has 0 unspecified atom stereocenters. The van der Waals surface area contributed by atoms with E-state index in [4.69, 9.17) is 0 Å². The van der Waals surface area contributed by atoms with Gasteiger partial charge in [-0.25, -0.2) is 0 Å². The van der Waals surface area contributed by atoms with E-state index < -0.39 is 11.4 Å². The third kappa shape index (κ3) is 2.10. The number of hydrogen-bond donors (Lipinski definition) is 1. The first kappa shape index (κ1) is 15.8. The molecule has 0 heterocycles. The summed E-state index contributed by atoms with van der Waals surface area (Å²) in [6.07, 6.45) is 12.1. The molecule has 0 aromatic rings. The zero-order valence-corrected chi connectivity index (χ0v) is 14.3. The van der Waals surface area contributed by atoms with Gasteiger partial charge >= 0.3 is 5.97 Å². The van der Waals surface area contributed by atoms with Crippen LogP contribution >= 0.6 is 0 Å². The summed E-state index contributed by atoms with van der Waals surface area (Å²) < 4.78 is 0. The lowest BCUT2D eigenvalue weighted by molar-refractivity contribution is -0.164. The first-order valence-corrected chi connectivity index (χ1v) is 8.84. The molecule has 2 fully saturated rings. The summed E-state index contributed by atoms with van der Waals surface area (Å²) in [6, 6.07) is 0. The van der Waals surface area contributed by atoms with Crippen LogP contribution < -0.4 is 0 Å². The quantitative estimate of drug-likeness (QED) is 0.711. The van der Waals surface area contributed by atoms with Crippen molar-refractivity contribution in [1.29, 1.82) is 0 Å². The number of carbonyl (C=O) groups is 1. The van der Waals surface area contributed by atoms with Crippen LogP contribution in [0.3, 0.4) is 0 Å². The molecule has 2 saturated carbocycles. The number of carboxylic acid groups (broad SMARTS) is 1. The molecule has 122 valence electrons. The summed E-state index contributed by atoms with van der Waals surface area (Å²) in [5, 5.41) is 9.84.